The number of Topliss-reactive ketones (excluding diaryl/α,β-unsaturated/α-hetero) is 1. The van der Waals surface area contributed by atoms with Gasteiger partial charge in [0.05, 0.1) is 11.3 Å². The molecule has 0 saturated heterocycles. The van der Waals surface area contributed by atoms with E-state index in [0.29, 0.717) is 11.4 Å². The van der Waals surface area contributed by atoms with Crippen molar-refractivity contribution in [1.82, 2.24) is 0 Å². The number of aliphatic hydroxyl groups is 1. The van der Waals surface area contributed by atoms with Crippen LogP contribution in [0.4, 0.5) is 8.78 Å². The first-order valence-electron chi connectivity index (χ1n) is 5.77. The topological polar surface area (TPSA) is 49.7 Å². The monoisotopic (exact) mass is 292 g/mol. The Morgan fingerprint density at radius 2 is 2.25 bits per heavy atom. The van der Waals surface area contributed by atoms with E-state index in [1.54, 1.807) is 6.92 Å². The lowest BCUT2D eigenvalue weighted by Crippen LogP contribution is -2.17. The Hall–Kier alpha value is -2.08. The van der Waals surface area contributed by atoms with Crippen molar-refractivity contribution in [1.29, 1.82) is 0 Å². The van der Waals surface area contributed by atoms with Gasteiger partial charge >= 0.3 is 0 Å². The second-order valence-corrected chi connectivity index (χ2v) is 5.28. The van der Waals surface area contributed by atoms with Crippen molar-refractivity contribution < 1.29 is 18.7 Å². The van der Waals surface area contributed by atoms with E-state index >= 15 is 0 Å². The van der Waals surface area contributed by atoms with Gasteiger partial charge in [-0.2, -0.15) is 4.39 Å². The van der Waals surface area contributed by atoms with Crippen LogP contribution < -0.4 is 0 Å². The number of aliphatic hydroxyl groups excluding tert-OH is 1. The summed E-state index contributed by atoms with van der Waals surface area (Å²) in [6.45, 7) is 1.67. The number of nitrogens with zero attached hydrogens (tertiary/aromatic N) is 1. The highest BCUT2D eigenvalue weighted by atomic mass is 32.1. The minimum Gasteiger partial charge on any atom is -0.505 e. The van der Waals surface area contributed by atoms with E-state index in [0.717, 1.165) is 17.4 Å². The minimum absolute atomic E-state index is 0.0713. The van der Waals surface area contributed by atoms with E-state index in [1.165, 1.54) is 5.38 Å². The molecule has 0 spiro atoms. The smallest absolute Gasteiger partial charge is 0.198 e. The zero-order valence-corrected chi connectivity index (χ0v) is 11.1. The average molecular weight is 292 g/mol. The molecule has 2 aliphatic rings. The second kappa shape index (κ2) is 4.49. The van der Waals surface area contributed by atoms with Crippen LogP contribution in [0.2, 0.25) is 0 Å². The van der Waals surface area contributed by atoms with Crippen LogP contribution >= 0.6 is 11.3 Å². The molecule has 0 unspecified atom stereocenters. The van der Waals surface area contributed by atoms with Gasteiger partial charge in [-0.15, -0.1) is 11.3 Å². The van der Waals surface area contributed by atoms with Gasteiger partial charge < -0.3 is 5.11 Å². The molecule has 0 saturated carbocycles. The number of rotatable bonds is 2. The fourth-order valence-electron chi connectivity index (χ4n) is 2.15. The first-order valence-corrected chi connectivity index (χ1v) is 6.65. The molecule has 101 valence electrons. The van der Waals surface area contributed by atoms with Gasteiger partial charge in [0.1, 0.15) is 5.83 Å². The van der Waals surface area contributed by atoms with E-state index in [-0.39, 0.29) is 23.1 Å². The van der Waals surface area contributed by atoms with Gasteiger partial charge in [-0.1, -0.05) is 0 Å². The average Bonchev–Trinajstić information content (AvgIpc) is 2.95. The van der Waals surface area contributed by atoms with Crippen molar-refractivity contribution in [3.05, 3.63) is 56.6 Å². The van der Waals surface area contributed by atoms with Crippen molar-refractivity contribution in [3.8, 4) is 0 Å². The summed E-state index contributed by atoms with van der Waals surface area (Å²) in [5.74, 6) is -2.16. The van der Waals surface area contributed by atoms with E-state index in [2.05, 4.69) is 11.1 Å². The van der Waals surface area contributed by atoms with Gasteiger partial charge in [0.15, 0.2) is 16.7 Å². The predicted octanol–water partition coefficient (Wildman–Crippen LogP) is 3.67. The fourth-order valence-corrected chi connectivity index (χ4v) is 2.76. The highest BCUT2D eigenvalue weighted by Gasteiger charge is 2.33. The van der Waals surface area contributed by atoms with Crippen molar-refractivity contribution in [3.63, 3.8) is 0 Å². The fraction of sp³-hybridized carbons (Fsp3) is 0.143. The molecule has 1 N–H and O–H groups in total. The summed E-state index contributed by atoms with van der Waals surface area (Å²) >= 11 is 0.767. The summed E-state index contributed by atoms with van der Waals surface area (Å²) in [6, 6.07) is 1.06. The molecule has 20 heavy (non-hydrogen) atoms. The molecule has 6 heteroatoms. The van der Waals surface area contributed by atoms with Gasteiger partial charge in [0.25, 0.3) is 0 Å². The van der Waals surface area contributed by atoms with Gasteiger partial charge in [-0.05, 0) is 13.0 Å². The maximum Gasteiger partial charge on any atom is 0.198 e. The summed E-state index contributed by atoms with van der Waals surface area (Å²) in [6.07, 6.45) is 2.67. The number of carbonyl (C=O) groups is 1. The van der Waals surface area contributed by atoms with Crippen molar-refractivity contribution in [2.24, 2.45) is 4.99 Å². The van der Waals surface area contributed by atoms with E-state index in [9.17, 15) is 18.7 Å². The summed E-state index contributed by atoms with van der Waals surface area (Å²) in [4.78, 5) is 16.4. The molecule has 1 radical (unpaired) electrons. The van der Waals surface area contributed by atoms with Crippen molar-refractivity contribution >= 4 is 22.8 Å². The maximum absolute atomic E-state index is 13.7. The summed E-state index contributed by atoms with van der Waals surface area (Å²) < 4.78 is 26.7. The van der Waals surface area contributed by atoms with E-state index < -0.39 is 22.5 Å². The Morgan fingerprint density at radius 3 is 2.90 bits per heavy atom. The number of hydrogen-bond acceptors (Lipinski definition) is 4. The Balaban J connectivity index is 2.16. The van der Waals surface area contributed by atoms with Crippen LogP contribution in [0.15, 0.2) is 44.9 Å². The molecule has 1 aliphatic heterocycles. The number of carbonyl (C=O) groups excluding carboxylic acids is 1. The first kappa shape index (κ1) is 12.9. The zero-order valence-electron chi connectivity index (χ0n) is 10.3. The lowest BCUT2D eigenvalue weighted by Gasteiger charge is -2.16. The molecule has 0 aromatic carbocycles. The zero-order chi connectivity index (χ0) is 14.4. The Morgan fingerprint density at radius 1 is 1.50 bits per heavy atom. The van der Waals surface area contributed by atoms with Crippen molar-refractivity contribution in [2.45, 2.75) is 13.3 Å². The van der Waals surface area contributed by atoms with Crippen LogP contribution in [0.1, 0.15) is 23.7 Å². The molecule has 0 fully saturated rings. The van der Waals surface area contributed by atoms with E-state index in [1.807, 2.05) is 0 Å². The van der Waals surface area contributed by atoms with Crippen LogP contribution in [0, 0.1) is 11.2 Å². The second-order valence-electron chi connectivity index (χ2n) is 4.42. The molecule has 1 aromatic heterocycles. The highest BCUT2D eigenvalue weighted by Crippen LogP contribution is 2.35. The van der Waals surface area contributed by atoms with Crippen LogP contribution in [-0.2, 0) is 0 Å². The number of allylic oxidation sites excluding steroid dienone is 5. The Labute approximate surface area is 117 Å². The van der Waals surface area contributed by atoms with Crippen LogP contribution in [0.5, 0.6) is 0 Å². The molecule has 0 atom stereocenters. The maximum atomic E-state index is 13.7. The molecule has 0 bridgehead atoms. The highest BCUT2D eigenvalue weighted by molar-refractivity contribution is 7.08. The quantitative estimate of drug-likeness (QED) is 0.845. The molecule has 3 nitrogen and oxygen atoms in total. The van der Waals surface area contributed by atoms with Gasteiger partial charge in [0.2, 0.25) is 0 Å². The van der Waals surface area contributed by atoms with Crippen LogP contribution in [-0.4, -0.2) is 16.6 Å². The van der Waals surface area contributed by atoms with Gasteiger partial charge in [-0.25, -0.2) is 4.39 Å². The number of aliphatic imine (C=N–C) groups is 1. The summed E-state index contributed by atoms with van der Waals surface area (Å²) in [5.41, 5.74) is 1.03. The number of ketones is 1. The third-order valence-corrected chi connectivity index (χ3v) is 3.74. The SMILES string of the molecule is CC1=[C]C2=C(C(=O)c3csc(F)c3)C(O)=C(F)CC2=N1. The molecular weight excluding hydrogens is 284 g/mol. The largest absolute Gasteiger partial charge is 0.505 e. The molecule has 0 amide bonds. The molecular formula is C14H8F2NO2S. The number of halogens is 2. The summed E-state index contributed by atoms with van der Waals surface area (Å²) in [5, 5.41) is 10.6. The van der Waals surface area contributed by atoms with Crippen LogP contribution in [0.25, 0.3) is 0 Å². The molecule has 1 aromatic rings. The predicted molar refractivity (Wildman–Crippen MR) is 70.9 cm³/mol. The lowest BCUT2D eigenvalue weighted by molar-refractivity contribution is 0.102. The summed E-state index contributed by atoms with van der Waals surface area (Å²) in [7, 11) is 0. The normalized spacial score (nSPS) is 18.1. The van der Waals surface area contributed by atoms with Gasteiger partial charge in [-0.3, -0.25) is 9.79 Å². The standard InChI is InChI=1S/C14H8F2NO2S/c1-6-2-8-10(17-6)4-9(15)14(19)12(8)13(18)7-3-11(16)20-5-7/h3,5,19H,4H2,1H3. The minimum atomic E-state index is -0.817. The number of hydrogen-bond donors (Lipinski definition) is 1. The lowest BCUT2D eigenvalue weighted by atomic mass is 9.89. The third kappa shape index (κ3) is 1.92. The van der Waals surface area contributed by atoms with Crippen molar-refractivity contribution in [2.75, 3.05) is 0 Å². The first-order chi connectivity index (χ1) is 9.47. The molecule has 2 heterocycles. The van der Waals surface area contributed by atoms with E-state index in [4.69, 9.17) is 0 Å². The third-order valence-electron chi connectivity index (χ3n) is 3.02. The Kier molecular flexibility index (Phi) is 2.90. The van der Waals surface area contributed by atoms with Crippen LogP contribution in [0.3, 0.4) is 0 Å². The number of fused-ring (bicyclic) bond motifs is 1. The Bertz CT molecular complexity index is 753. The molecule has 1 aliphatic carbocycles. The van der Waals surface area contributed by atoms with Gasteiger partial charge in [0, 0.05) is 34.7 Å². The number of thiophene rings is 1. The molecule has 3 rings (SSSR count).